The summed E-state index contributed by atoms with van der Waals surface area (Å²) >= 11 is 3.44. The molecule has 1 N–H and O–H groups in total. The molecular weight excluding hydrogens is 333 g/mol. The number of halogens is 2. The minimum atomic E-state index is -0.128. The van der Waals surface area contributed by atoms with Crippen LogP contribution in [0.25, 0.3) is 0 Å². The third kappa shape index (κ3) is 5.35. The summed E-state index contributed by atoms with van der Waals surface area (Å²) in [5.74, 6) is -0.128. The van der Waals surface area contributed by atoms with E-state index in [4.69, 9.17) is 4.74 Å². The molecule has 0 bridgehead atoms. The number of nitrogens with one attached hydrogen (secondary N) is 1. The predicted octanol–water partition coefficient (Wildman–Crippen LogP) is 4.98. The smallest absolute Gasteiger partial charge is 0.128 e. The second kappa shape index (κ2) is 8.86. The van der Waals surface area contributed by atoms with Gasteiger partial charge in [-0.1, -0.05) is 22.9 Å². The van der Waals surface area contributed by atoms with E-state index >= 15 is 0 Å². The number of ether oxygens (including phenoxy) is 1. The molecular formula is C17H25BrFNO. The van der Waals surface area contributed by atoms with E-state index < -0.39 is 0 Å². The Bertz CT molecular complexity index is 435. The van der Waals surface area contributed by atoms with E-state index in [1.54, 1.807) is 6.07 Å². The number of hydrogen-bond donors (Lipinski definition) is 1. The van der Waals surface area contributed by atoms with E-state index in [0.717, 1.165) is 48.9 Å². The Kier molecular flexibility index (Phi) is 7.14. The second-order valence-electron chi connectivity index (χ2n) is 5.74. The largest absolute Gasteiger partial charge is 0.378 e. The normalized spacial score (nSPS) is 20.4. The monoisotopic (exact) mass is 357 g/mol. The molecule has 0 radical (unpaired) electrons. The number of rotatable bonds is 7. The lowest BCUT2D eigenvalue weighted by atomic mass is 9.97. The van der Waals surface area contributed by atoms with E-state index in [2.05, 4.69) is 28.2 Å². The van der Waals surface area contributed by atoms with Crippen LogP contribution in [0.3, 0.4) is 0 Å². The molecule has 118 valence electrons. The topological polar surface area (TPSA) is 21.3 Å². The van der Waals surface area contributed by atoms with Crippen LogP contribution in [-0.2, 0) is 4.74 Å². The zero-order chi connectivity index (χ0) is 15.1. The minimum absolute atomic E-state index is 0.0629. The van der Waals surface area contributed by atoms with Crippen LogP contribution in [0.2, 0.25) is 0 Å². The van der Waals surface area contributed by atoms with Crippen LogP contribution in [0.15, 0.2) is 22.7 Å². The summed E-state index contributed by atoms with van der Waals surface area (Å²) in [5.41, 5.74) is 0.758. The van der Waals surface area contributed by atoms with Gasteiger partial charge in [-0.15, -0.1) is 0 Å². The zero-order valence-corrected chi connectivity index (χ0v) is 14.3. The van der Waals surface area contributed by atoms with Crippen LogP contribution >= 0.6 is 15.9 Å². The standard InChI is InChI=1S/C17H25BrFNO/c1-2-10-20-17(9-7-14-5-3-4-11-21-14)15-12-13(18)6-8-16(15)19/h6,8,12,14,17,20H,2-5,7,9-11H2,1H3. The molecule has 4 heteroatoms. The first kappa shape index (κ1) is 16.9. The highest BCUT2D eigenvalue weighted by Crippen LogP contribution is 2.27. The van der Waals surface area contributed by atoms with Gasteiger partial charge < -0.3 is 10.1 Å². The zero-order valence-electron chi connectivity index (χ0n) is 12.7. The molecule has 1 heterocycles. The Balaban J connectivity index is 2.00. The van der Waals surface area contributed by atoms with Gasteiger partial charge in [0.25, 0.3) is 0 Å². The molecule has 2 nitrogen and oxygen atoms in total. The molecule has 1 aromatic rings. The number of hydrogen-bond acceptors (Lipinski definition) is 2. The SMILES string of the molecule is CCCNC(CCC1CCCCO1)c1cc(Br)ccc1F. The molecule has 1 aliphatic heterocycles. The minimum Gasteiger partial charge on any atom is -0.378 e. The Hall–Kier alpha value is -0.450. The molecule has 2 rings (SSSR count). The van der Waals surface area contributed by atoms with Crippen LogP contribution in [0.5, 0.6) is 0 Å². The van der Waals surface area contributed by atoms with Gasteiger partial charge in [-0.2, -0.15) is 0 Å². The molecule has 1 aromatic carbocycles. The highest BCUT2D eigenvalue weighted by molar-refractivity contribution is 9.10. The van der Waals surface area contributed by atoms with Crippen molar-refractivity contribution in [1.82, 2.24) is 5.32 Å². The van der Waals surface area contributed by atoms with Gasteiger partial charge in [0.1, 0.15) is 5.82 Å². The fraction of sp³-hybridized carbons (Fsp3) is 0.647. The van der Waals surface area contributed by atoms with Crippen LogP contribution in [0.4, 0.5) is 4.39 Å². The summed E-state index contributed by atoms with van der Waals surface area (Å²) in [6.07, 6.45) is 6.87. The lowest BCUT2D eigenvalue weighted by molar-refractivity contribution is 0.00849. The Morgan fingerprint density at radius 1 is 1.43 bits per heavy atom. The summed E-state index contributed by atoms with van der Waals surface area (Å²) in [4.78, 5) is 0. The van der Waals surface area contributed by atoms with Crippen molar-refractivity contribution in [2.45, 2.75) is 57.6 Å². The molecule has 2 unspecified atom stereocenters. The second-order valence-corrected chi connectivity index (χ2v) is 6.65. The number of benzene rings is 1. The van der Waals surface area contributed by atoms with Gasteiger partial charge in [-0.05, 0) is 63.3 Å². The maximum atomic E-state index is 14.1. The van der Waals surface area contributed by atoms with E-state index in [9.17, 15) is 4.39 Å². The lowest BCUT2D eigenvalue weighted by Gasteiger charge is -2.26. The fourth-order valence-electron chi connectivity index (χ4n) is 2.86. The molecule has 0 amide bonds. The lowest BCUT2D eigenvalue weighted by Crippen LogP contribution is -2.26. The molecule has 2 atom stereocenters. The van der Waals surface area contributed by atoms with Crippen molar-refractivity contribution < 1.29 is 9.13 Å². The molecule has 0 spiro atoms. The molecule has 1 saturated heterocycles. The Labute approximate surface area is 135 Å². The van der Waals surface area contributed by atoms with Crippen molar-refractivity contribution in [3.8, 4) is 0 Å². The molecule has 0 aliphatic carbocycles. The van der Waals surface area contributed by atoms with Crippen molar-refractivity contribution in [3.63, 3.8) is 0 Å². The maximum absolute atomic E-state index is 14.1. The third-order valence-corrected chi connectivity index (χ3v) is 4.52. The highest BCUT2D eigenvalue weighted by Gasteiger charge is 2.19. The highest BCUT2D eigenvalue weighted by atomic mass is 79.9. The van der Waals surface area contributed by atoms with E-state index in [0.29, 0.717) is 6.10 Å². The van der Waals surface area contributed by atoms with E-state index in [1.165, 1.54) is 18.9 Å². The summed E-state index contributed by atoms with van der Waals surface area (Å²) < 4.78 is 20.8. The van der Waals surface area contributed by atoms with Crippen molar-refractivity contribution in [1.29, 1.82) is 0 Å². The third-order valence-electron chi connectivity index (χ3n) is 4.03. The summed E-state index contributed by atoms with van der Waals surface area (Å²) in [7, 11) is 0. The van der Waals surface area contributed by atoms with Crippen LogP contribution in [0, 0.1) is 5.82 Å². The molecule has 0 aromatic heterocycles. The van der Waals surface area contributed by atoms with Gasteiger partial charge in [-0.3, -0.25) is 0 Å². The quantitative estimate of drug-likeness (QED) is 0.742. The van der Waals surface area contributed by atoms with Crippen LogP contribution in [0.1, 0.15) is 57.1 Å². The van der Waals surface area contributed by atoms with Gasteiger partial charge in [-0.25, -0.2) is 4.39 Å². The Morgan fingerprint density at radius 2 is 2.29 bits per heavy atom. The first-order valence-corrected chi connectivity index (χ1v) is 8.80. The molecule has 0 saturated carbocycles. The van der Waals surface area contributed by atoms with Crippen LogP contribution in [-0.4, -0.2) is 19.3 Å². The summed E-state index contributed by atoms with van der Waals surface area (Å²) in [5, 5.41) is 3.48. The van der Waals surface area contributed by atoms with Gasteiger partial charge >= 0.3 is 0 Å². The molecule has 21 heavy (non-hydrogen) atoms. The van der Waals surface area contributed by atoms with Crippen molar-refractivity contribution in [2.75, 3.05) is 13.2 Å². The summed E-state index contributed by atoms with van der Waals surface area (Å²) in [6, 6.07) is 5.24. The average Bonchev–Trinajstić information content (AvgIpc) is 2.51. The molecule has 1 aliphatic rings. The van der Waals surface area contributed by atoms with Gasteiger partial charge in [0.2, 0.25) is 0 Å². The average molecular weight is 358 g/mol. The first-order valence-electron chi connectivity index (χ1n) is 8.00. The Morgan fingerprint density at radius 3 is 3.00 bits per heavy atom. The maximum Gasteiger partial charge on any atom is 0.128 e. The predicted molar refractivity (Wildman–Crippen MR) is 88.0 cm³/mol. The van der Waals surface area contributed by atoms with Crippen LogP contribution < -0.4 is 5.32 Å². The van der Waals surface area contributed by atoms with Gasteiger partial charge in [0, 0.05) is 22.7 Å². The van der Waals surface area contributed by atoms with Crippen molar-refractivity contribution >= 4 is 15.9 Å². The fourth-order valence-corrected chi connectivity index (χ4v) is 3.23. The summed E-state index contributed by atoms with van der Waals surface area (Å²) in [6.45, 7) is 3.91. The van der Waals surface area contributed by atoms with Gasteiger partial charge in [0.05, 0.1) is 6.10 Å². The molecule has 1 fully saturated rings. The van der Waals surface area contributed by atoms with E-state index in [-0.39, 0.29) is 11.9 Å². The first-order chi connectivity index (χ1) is 10.2. The van der Waals surface area contributed by atoms with Gasteiger partial charge in [0.15, 0.2) is 0 Å². The van der Waals surface area contributed by atoms with Crippen molar-refractivity contribution in [3.05, 3.63) is 34.1 Å². The van der Waals surface area contributed by atoms with E-state index in [1.807, 2.05) is 6.07 Å². The van der Waals surface area contributed by atoms with Crippen molar-refractivity contribution in [2.24, 2.45) is 0 Å².